The van der Waals surface area contributed by atoms with Crippen molar-refractivity contribution in [2.45, 2.75) is 25.7 Å². The molecule has 0 atom stereocenters. The summed E-state index contributed by atoms with van der Waals surface area (Å²) >= 11 is 0. The maximum absolute atomic E-state index is 12.3. The van der Waals surface area contributed by atoms with Gasteiger partial charge in [-0.3, -0.25) is 4.79 Å². The van der Waals surface area contributed by atoms with Gasteiger partial charge in [-0.1, -0.05) is 36.4 Å². The topological polar surface area (TPSA) is 36.8 Å². The molecule has 3 aromatic rings. The molecule has 0 aliphatic carbocycles. The molecule has 1 N–H and O–H groups in total. The first-order valence-electron chi connectivity index (χ1n) is 10.4. The van der Waals surface area contributed by atoms with E-state index in [9.17, 15) is 4.79 Å². The standard InChI is InChI=1S/C24H29N3O/c28-24(22-18-23-9-4-5-14-27(23)19-22)25-12-6-13-26-15-10-21(11-16-26)17-20-7-2-1-3-8-20/h1-5,7-9,14,18-19,21H,6,10-13,15-17H2,(H,25,28). The lowest BCUT2D eigenvalue weighted by Gasteiger charge is -2.32. The van der Waals surface area contributed by atoms with Crippen LogP contribution in [0.5, 0.6) is 0 Å². The van der Waals surface area contributed by atoms with Gasteiger partial charge in [0.15, 0.2) is 0 Å². The number of aromatic nitrogens is 1. The van der Waals surface area contributed by atoms with E-state index in [4.69, 9.17) is 0 Å². The second-order valence-corrected chi connectivity index (χ2v) is 7.85. The molecular formula is C24H29N3O. The Bertz CT molecular complexity index is 861. The van der Waals surface area contributed by atoms with Crippen molar-refractivity contribution < 1.29 is 4.79 Å². The molecule has 1 amide bonds. The highest BCUT2D eigenvalue weighted by Gasteiger charge is 2.19. The van der Waals surface area contributed by atoms with Gasteiger partial charge in [0.2, 0.25) is 0 Å². The van der Waals surface area contributed by atoms with Crippen LogP contribution in [0.2, 0.25) is 0 Å². The summed E-state index contributed by atoms with van der Waals surface area (Å²) in [5.41, 5.74) is 3.24. The van der Waals surface area contributed by atoms with E-state index >= 15 is 0 Å². The van der Waals surface area contributed by atoms with Gasteiger partial charge in [0.05, 0.1) is 5.56 Å². The summed E-state index contributed by atoms with van der Waals surface area (Å²) in [6.45, 7) is 4.15. The largest absolute Gasteiger partial charge is 0.352 e. The number of fused-ring (bicyclic) bond motifs is 1. The van der Waals surface area contributed by atoms with Crippen LogP contribution in [0.4, 0.5) is 0 Å². The van der Waals surface area contributed by atoms with Crippen molar-refractivity contribution >= 4 is 11.4 Å². The fraction of sp³-hybridized carbons (Fsp3) is 0.375. The van der Waals surface area contributed by atoms with E-state index < -0.39 is 0 Å². The molecule has 4 rings (SSSR count). The first kappa shape index (κ1) is 18.8. The van der Waals surface area contributed by atoms with E-state index in [1.165, 1.54) is 37.9 Å². The Hall–Kier alpha value is -2.59. The predicted octanol–water partition coefficient (Wildman–Crippen LogP) is 4.01. The fourth-order valence-corrected chi connectivity index (χ4v) is 4.15. The van der Waals surface area contributed by atoms with Crippen molar-refractivity contribution in [3.8, 4) is 0 Å². The van der Waals surface area contributed by atoms with Crippen LogP contribution in [0, 0.1) is 5.92 Å². The molecule has 146 valence electrons. The Balaban J connectivity index is 1.14. The first-order valence-corrected chi connectivity index (χ1v) is 10.4. The number of benzene rings is 1. The van der Waals surface area contributed by atoms with Crippen molar-refractivity contribution in [1.82, 2.24) is 14.6 Å². The smallest absolute Gasteiger partial charge is 0.252 e. The molecule has 28 heavy (non-hydrogen) atoms. The van der Waals surface area contributed by atoms with Crippen LogP contribution >= 0.6 is 0 Å². The zero-order valence-corrected chi connectivity index (χ0v) is 16.4. The number of piperidine rings is 1. The number of nitrogens with zero attached hydrogens (tertiary/aromatic N) is 2. The maximum Gasteiger partial charge on any atom is 0.252 e. The fourth-order valence-electron chi connectivity index (χ4n) is 4.15. The number of nitrogens with one attached hydrogen (secondary N) is 1. The van der Waals surface area contributed by atoms with Gasteiger partial charge in [0.25, 0.3) is 5.91 Å². The van der Waals surface area contributed by atoms with Gasteiger partial charge in [0.1, 0.15) is 0 Å². The summed E-state index contributed by atoms with van der Waals surface area (Å²) < 4.78 is 1.98. The molecule has 0 unspecified atom stereocenters. The molecule has 3 heterocycles. The zero-order chi connectivity index (χ0) is 19.2. The van der Waals surface area contributed by atoms with Gasteiger partial charge >= 0.3 is 0 Å². The van der Waals surface area contributed by atoms with Gasteiger partial charge in [-0.05, 0) is 75.0 Å². The minimum Gasteiger partial charge on any atom is -0.352 e. The molecule has 1 aromatic carbocycles. The van der Waals surface area contributed by atoms with Crippen molar-refractivity contribution in [1.29, 1.82) is 0 Å². The van der Waals surface area contributed by atoms with Crippen LogP contribution in [-0.4, -0.2) is 41.4 Å². The van der Waals surface area contributed by atoms with E-state index in [0.29, 0.717) is 0 Å². The van der Waals surface area contributed by atoms with Crippen LogP contribution in [0.3, 0.4) is 0 Å². The third-order valence-electron chi connectivity index (χ3n) is 5.78. The van der Waals surface area contributed by atoms with Crippen LogP contribution < -0.4 is 5.32 Å². The molecule has 1 aliphatic rings. The average molecular weight is 376 g/mol. The summed E-state index contributed by atoms with van der Waals surface area (Å²) in [5, 5.41) is 3.06. The molecule has 0 spiro atoms. The van der Waals surface area contributed by atoms with E-state index in [1.54, 1.807) is 0 Å². The monoisotopic (exact) mass is 375 g/mol. The number of rotatable bonds is 7. The second kappa shape index (κ2) is 9.07. The Labute approximate surface area is 167 Å². The quantitative estimate of drug-likeness (QED) is 0.634. The highest BCUT2D eigenvalue weighted by molar-refractivity contribution is 5.95. The minimum atomic E-state index is 0.0188. The molecule has 0 radical (unpaired) electrons. The molecule has 4 heteroatoms. The summed E-state index contributed by atoms with van der Waals surface area (Å²) in [6.07, 6.45) is 8.62. The molecule has 0 bridgehead atoms. The Morgan fingerprint density at radius 3 is 2.61 bits per heavy atom. The second-order valence-electron chi connectivity index (χ2n) is 7.85. The Morgan fingerprint density at radius 2 is 1.82 bits per heavy atom. The van der Waals surface area contributed by atoms with E-state index in [-0.39, 0.29) is 5.91 Å². The molecular weight excluding hydrogens is 346 g/mol. The third-order valence-corrected chi connectivity index (χ3v) is 5.78. The van der Waals surface area contributed by atoms with Crippen molar-refractivity contribution in [2.24, 2.45) is 5.92 Å². The van der Waals surface area contributed by atoms with Gasteiger partial charge in [0, 0.05) is 24.5 Å². The SMILES string of the molecule is O=C(NCCCN1CCC(Cc2ccccc2)CC1)c1cc2ccccn2c1. The maximum atomic E-state index is 12.3. The zero-order valence-electron chi connectivity index (χ0n) is 16.4. The van der Waals surface area contributed by atoms with Gasteiger partial charge < -0.3 is 14.6 Å². The third kappa shape index (κ3) is 4.82. The van der Waals surface area contributed by atoms with Crippen molar-refractivity contribution in [2.75, 3.05) is 26.2 Å². The molecule has 0 saturated carbocycles. The van der Waals surface area contributed by atoms with Crippen LogP contribution in [0.15, 0.2) is 67.0 Å². The summed E-state index contributed by atoms with van der Waals surface area (Å²) in [6, 6.07) is 18.7. The number of hydrogen-bond donors (Lipinski definition) is 1. The summed E-state index contributed by atoms with van der Waals surface area (Å²) in [5.74, 6) is 0.826. The van der Waals surface area contributed by atoms with Crippen LogP contribution in [0.25, 0.3) is 5.52 Å². The minimum absolute atomic E-state index is 0.0188. The predicted molar refractivity (Wildman–Crippen MR) is 114 cm³/mol. The normalized spacial score (nSPS) is 15.7. The van der Waals surface area contributed by atoms with Crippen molar-refractivity contribution in [3.05, 3.63) is 78.1 Å². The van der Waals surface area contributed by atoms with E-state index in [1.807, 2.05) is 41.1 Å². The summed E-state index contributed by atoms with van der Waals surface area (Å²) in [4.78, 5) is 14.9. The number of hydrogen-bond acceptors (Lipinski definition) is 2. The number of carbonyl (C=O) groups excluding carboxylic acids is 1. The van der Waals surface area contributed by atoms with Gasteiger partial charge in [-0.2, -0.15) is 0 Å². The lowest BCUT2D eigenvalue weighted by molar-refractivity contribution is 0.0950. The Kier molecular flexibility index (Phi) is 6.07. The Morgan fingerprint density at radius 1 is 1.04 bits per heavy atom. The molecule has 4 nitrogen and oxygen atoms in total. The van der Waals surface area contributed by atoms with E-state index in [2.05, 4.69) is 40.5 Å². The number of amides is 1. The lowest BCUT2D eigenvalue weighted by Crippen LogP contribution is -2.36. The average Bonchev–Trinajstić information content (AvgIpc) is 3.17. The van der Waals surface area contributed by atoms with Gasteiger partial charge in [-0.25, -0.2) is 0 Å². The van der Waals surface area contributed by atoms with E-state index in [0.717, 1.165) is 36.5 Å². The molecule has 2 aromatic heterocycles. The number of likely N-dealkylation sites (tertiary alicyclic amines) is 1. The highest BCUT2D eigenvalue weighted by atomic mass is 16.1. The molecule has 1 aliphatic heterocycles. The van der Waals surface area contributed by atoms with Gasteiger partial charge in [-0.15, -0.1) is 0 Å². The van der Waals surface area contributed by atoms with Crippen LogP contribution in [-0.2, 0) is 6.42 Å². The van der Waals surface area contributed by atoms with Crippen LogP contribution in [0.1, 0.15) is 35.2 Å². The number of carbonyl (C=O) groups is 1. The molecule has 1 saturated heterocycles. The number of pyridine rings is 1. The molecule has 1 fully saturated rings. The lowest BCUT2D eigenvalue weighted by atomic mass is 9.90. The van der Waals surface area contributed by atoms with Crippen molar-refractivity contribution in [3.63, 3.8) is 0 Å². The summed E-state index contributed by atoms with van der Waals surface area (Å²) in [7, 11) is 0. The highest BCUT2D eigenvalue weighted by Crippen LogP contribution is 2.21. The first-order chi connectivity index (χ1) is 13.8.